The number of H-pyrrole nitrogens is 1. The first-order valence-electron chi connectivity index (χ1n) is 9.56. The Kier molecular flexibility index (Phi) is 7.18. The molecule has 0 aliphatic carbocycles. The Morgan fingerprint density at radius 2 is 1.79 bits per heavy atom. The van der Waals surface area contributed by atoms with E-state index in [4.69, 9.17) is 23.2 Å². The van der Waals surface area contributed by atoms with Crippen LogP contribution in [0.25, 0.3) is 10.9 Å². The Hall–Kier alpha value is -2.50. The third-order valence-corrected chi connectivity index (χ3v) is 5.44. The van der Waals surface area contributed by atoms with Crippen molar-refractivity contribution in [2.45, 2.75) is 26.2 Å². The largest absolute Gasteiger partial charge is 0.361 e. The smallest absolute Gasteiger partial charge is 0.244 e. The standard InChI is InChI=1S/C22H23Cl2N3O2/c1-2-27(14-20(28)26-22-17(23)9-6-10-18(22)24)21(29)12-5-7-15-13-25-19-11-4-3-8-16(15)19/h3-4,6,8-11,13,25H,2,5,7,12,14H2,1H3,(H,26,28). The van der Waals surface area contributed by atoms with E-state index in [0.29, 0.717) is 28.7 Å². The van der Waals surface area contributed by atoms with Crippen LogP contribution in [0.15, 0.2) is 48.7 Å². The third-order valence-electron chi connectivity index (χ3n) is 4.81. The first-order valence-corrected chi connectivity index (χ1v) is 10.3. The average molecular weight is 432 g/mol. The second-order valence-corrected chi connectivity index (χ2v) is 7.58. The molecule has 0 fully saturated rings. The van der Waals surface area contributed by atoms with Gasteiger partial charge in [0.1, 0.15) is 0 Å². The number of benzene rings is 2. The number of para-hydroxylation sites is 2. The van der Waals surface area contributed by atoms with Gasteiger partial charge in [-0.25, -0.2) is 0 Å². The van der Waals surface area contributed by atoms with Crippen LogP contribution in [0, 0.1) is 0 Å². The molecule has 2 N–H and O–H groups in total. The summed E-state index contributed by atoms with van der Waals surface area (Å²) < 4.78 is 0. The van der Waals surface area contributed by atoms with Gasteiger partial charge in [0.25, 0.3) is 0 Å². The van der Waals surface area contributed by atoms with Gasteiger partial charge >= 0.3 is 0 Å². The summed E-state index contributed by atoms with van der Waals surface area (Å²) in [6, 6.07) is 13.1. The van der Waals surface area contributed by atoms with Crippen molar-refractivity contribution in [1.82, 2.24) is 9.88 Å². The topological polar surface area (TPSA) is 65.2 Å². The zero-order valence-corrected chi connectivity index (χ0v) is 17.7. The Morgan fingerprint density at radius 3 is 2.52 bits per heavy atom. The molecule has 0 saturated heterocycles. The van der Waals surface area contributed by atoms with Gasteiger partial charge in [0.2, 0.25) is 11.8 Å². The molecule has 0 atom stereocenters. The number of hydrogen-bond donors (Lipinski definition) is 2. The molecule has 3 aromatic rings. The lowest BCUT2D eigenvalue weighted by Crippen LogP contribution is -2.37. The van der Waals surface area contributed by atoms with Gasteiger partial charge in [0.15, 0.2) is 0 Å². The highest BCUT2D eigenvalue weighted by Crippen LogP contribution is 2.29. The van der Waals surface area contributed by atoms with Crippen molar-refractivity contribution in [3.05, 3.63) is 64.3 Å². The minimum Gasteiger partial charge on any atom is -0.361 e. The molecular weight excluding hydrogens is 409 g/mol. The summed E-state index contributed by atoms with van der Waals surface area (Å²) in [6.45, 7) is 2.27. The van der Waals surface area contributed by atoms with Crippen LogP contribution in [0.3, 0.4) is 0 Å². The highest BCUT2D eigenvalue weighted by molar-refractivity contribution is 6.39. The van der Waals surface area contributed by atoms with E-state index < -0.39 is 0 Å². The van der Waals surface area contributed by atoms with Crippen molar-refractivity contribution in [3.8, 4) is 0 Å². The Labute approximate surface area is 180 Å². The first kappa shape index (κ1) is 21.2. The number of rotatable bonds is 8. The summed E-state index contributed by atoms with van der Waals surface area (Å²) >= 11 is 12.2. The van der Waals surface area contributed by atoms with E-state index in [1.165, 1.54) is 15.8 Å². The zero-order chi connectivity index (χ0) is 20.8. The molecule has 1 heterocycles. The number of amides is 2. The second-order valence-electron chi connectivity index (χ2n) is 6.77. The van der Waals surface area contributed by atoms with Gasteiger partial charge in [-0.15, -0.1) is 0 Å². The van der Waals surface area contributed by atoms with Crippen LogP contribution in [-0.2, 0) is 16.0 Å². The van der Waals surface area contributed by atoms with Crippen molar-refractivity contribution >= 4 is 51.6 Å². The lowest BCUT2D eigenvalue weighted by atomic mass is 10.1. The summed E-state index contributed by atoms with van der Waals surface area (Å²) in [5, 5.41) is 4.60. The van der Waals surface area contributed by atoms with Crippen LogP contribution < -0.4 is 5.32 Å². The second kappa shape index (κ2) is 9.81. The fraction of sp³-hybridized carbons (Fsp3) is 0.273. The van der Waals surface area contributed by atoms with Crippen LogP contribution in [0.2, 0.25) is 10.0 Å². The number of fused-ring (bicyclic) bond motifs is 1. The zero-order valence-electron chi connectivity index (χ0n) is 16.2. The number of anilines is 1. The van der Waals surface area contributed by atoms with E-state index >= 15 is 0 Å². The summed E-state index contributed by atoms with van der Waals surface area (Å²) in [6.07, 6.45) is 3.89. The Balaban J connectivity index is 1.52. The van der Waals surface area contributed by atoms with E-state index in [9.17, 15) is 9.59 Å². The highest BCUT2D eigenvalue weighted by Gasteiger charge is 2.17. The van der Waals surface area contributed by atoms with Gasteiger partial charge in [0.05, 0.1) is 22.3 Å². The number of aryl methyl sites for hydroxylation is 1. The Morgan fingerprint density at radius 1 is 1.07 bits per heavy atom. The van der Waals surface area contributed by atoms with Gasteiger partial charge in [-0.3, -0.25) is 9.59 Å². The van der Waals surface area contributed by atoms with Gasteiger partial charge in [-0.05, 0) is 43.5 Å². The lowest BCUT2D eigenvalue weighted by molar-refractivity contribution is -0.134. The number of carbonyl (C=O) groups is 2. The van der Waals surface area contributed by atoms with Crippen LogP contribution in [0.1, 0.15) is 25.3 Å². The predicted octanol–water partition coefficient (Wildman–Crippen LogP) is 5.28. The molecule has 0 aliphatic heterocycles. The summed E-state index contributed by atoms with van der Waals surface area (Å²) in [7, 11) is 0. The SMILES string of the molecule is CCN(CC(=O)Nc1c(Cl)cccc1Cl)C(=O)CCCc1c[nH]c2ccccc12. The summed E-state index contributed by atoms with van der Waals surface area (Å²) in [5.74, 6) is -0.375. The molecule has 29 heavy (non-hydrogen) atoms. The molecule has 0 saturated carbocycles. The van der Waals surface area contributed by atoms with Crippen molar-refractivity contribution < 1.29 is 9.59 Å². The molecule has 0 radical (unpaired) electrons. The molecule has 2 aromatic carbocycles. The monoisotopic (exact) mass is 431 g/mol. The van der Waals surface area contributed by atoms with E-state index in [-0.39, 0.29) is 18.4 Å². The molecule has 0 bridgehead atoms. The number of halogens is 2. The van der Waals surface area contributed by atoms with Crippen LogP contribution >= 0.6 is 23.2 Å². The van der Waals surface area contributed by atoms with Crippen molar-refractivity contribution in [1.29, 1.82) is 0 Å². The summed E-state index contributed by atoms with van der Waals surface area (Å²) in [4.78, 5) is 29.7. The fourth-order valence-electron chi connectivity index (χ4n) is 3.27. The van der Waals surface area contributed by atoms with Gasteiger partial charge in [0, 0.05) is 30.1 Å². The molecule has 2 amide bonds. The van der Waals surface area contributed by atoms with Crippen molar-refractivity contribution in [3.63, 3.8) is 0 Å². The number of nitrogens with zero attached hydrogens (tertiary/aromatic N) is 1. The van der Waals surface area contributed by atoms with Gasteiger partial charge < -0.3 is 15.2 Å². The molecule has 152 valence electrons. The number of nitrogens with one attached hydrogen (secondary N) is 2. The van der Waals surface area contributed by atoms with Crippen LogP contribution in [-0.4, -0.2) is 34.8 Å². The van der Waals surface area contributed by atoms with Crippen molar-refractivity contribution in [2.24, 2.45) is 0 Å². The molecule has 0 aliphatic rings. The highest BCUT2D eigenvalue weighted by atomic mass is 35.5. The molecular formula is C22H23Cl2N3O2. The first-order chi connectivity index (χ1) is 14.0. The van der Waals surface area contributed by atoms with Crippen molar-refractivity contribution in [2.75, 3.05) is 18.4 Å². The molecule has 7 heteroatoms. The van der Waals surface area contributed by atoms with E-state index in [1.54, 1.807) is 18.2 Å². The van der Waals surface area contributed by atoms with Gasteiger partial charge in [-0.1, -0.05) is 47.5 Å². The number of aromatic amines is 1. The number of likely N-dealkylation sites (N-methyl/N-ethyl adjacent to an activating group) is 1. The quantitative estimate of drug-likeness (QED) is 0.508. The normalized spacial score (nSPS) is 10.9. The van der Waals surface area contributed by atoms with E-state index in [2.05, 4.69) is 16.4 Å². The summed E-state index contributed by atoms with van der Waals surface area (Å²) in [5.41, 5.74) is 2.66. The predicted molar refractivity (Wildman–Crippen MR) is 119 cm³/mol. The maximum atomic E-state index is 12.6. The van der Waals surface area contributed by atoms with Crippen LogP contribution in [0.4, 0.5) is 5.69 Å². The molecule has 3 rings (SSSR count). The van der Waals surface area contributed by atoms with E-state index in [1.807, 2.05) is 31.3 Å². The Bertz CT molecular complexity index is 996. The molecule has 5 nitrogen and oxygen atoms in total. The maximum Gasteiger partial charge on any atom is 0.244 e. The number of aromatic nitrogens is 1. The molecule has 1 aromatic heterocycles. The van der Waals surface area contributed by atoms with Crippen LogP contribution in [0.5, 0.6) is 0 Å². The fourth-order valence-corrected chi connectivity index (χ4v) is 3.76. The maximum absolute atomic E-state index is 12.6. The molecule has 0 unspecified atom stereocenters. The third kappa shape index (κ3) is 5.31. The molecule has 0 spiro atoms. The minimum atomic E-state index is -0.327. The minimum absolute atomic E-state index is 0.0377. The van der Waals surface area contributed by atoms with E-state index in [0.717, 1.165) is 18.4 Å². The average Bonchev–Trinajstić information content (AvgIpc) is 3.12. The lowest BCUT2D eigenvalue weighted by Gasteiger charge is -2.20. The number of hydrogen-bond acceptors (Lipinski definition) is 2. The number of carbonyl (C=O) groups excluding carboxylic acids is 2. The van der Waals surface area contributed by atoms with Gasteiger partial charge in [-0.2, -0.15) is 0 Å².